The number of hydrogen-bond donors (Lipinski definition) is 1. The normalized spacial score (nSPS) is 34.3. The lowest BCUT2D eigenvalue weighted by molar-refractivity contribution is -0.188. The Labute approximate surface area is 157 Å². The van der Waals surface area contributed by atoms with E-state index in [2.05, 4.69) is 5.32 Å². The average Bonchev–Trinajstić information content (AvgIpc) is 2.97. The highest BCUT2D eigenvalue weighted by Gasteiger charge is 2.57. The Hall–Kier alpha value is -2.08. The van der Waals surface area contributed by atoms with E-state index < -0.39 is 5.76 Å². The summed E-state index contributed by atoms with van der Waals surface area (Å²) in [5.41, 5.74) is 0.908. The first kappa shape index (κ1) is 17.0. The number of benzene rings is 1. The molecule has 1 aromatic carbocycles. The second-order valence-corrected chi connectivity index (χ2v) is 8.66. The lowest BCUT2D eigenvalue weighted by atomic mass is 9.49. The predicted octanol–water partition coefficient (Wildman–Crippen LogP) is 2.55. The fourth-order valence-corrected chi connectivity index (χ4v) is 6.28. The maximum Gasteiger partial charge on any atom is 0.420 e. The fourth-order valence-electron chi connectivity index (χ4n) is 6.28. The minimum absolute atomic E-state index is 0.0315. The van der Waals surface area contributed by atoms with Gasteiger partial charge in [0.2, 0.25) is 5.91 Å². The molecule has 1 N–H and O–H groups in total. The third-order valence-electron chi connectivity index (χ3n) is 7.34. The number of ether oxygens (including phenoxy) is 1. The van der Waals surface area contributed by atoms with Crippen LogP contribution in [0, 0.1) is 23.7 Å². The number of rotatable bonds is 5. The van der Waals surface area contributed by atoms with Crippen LogP contribution in [0.2, 0.25) is 0 Å². The topological polar surface area (TPSA) is 73.5 Å². The number of para-hydroxylation sites is 2. The molecule has 144 valence electrons. The number of carbonyl (C=O) groups is 1. The molecule has 2 aromatic rings. The number of nitrogens with one attached hydrogen (secondary N) is 1. The number of carbonyl (C=O) groups excluding carboxylic acids is 1. The van der Waals surface area contributed by atoms with Crippen molar-refractivity contribution in [2.45, 2.75) is 44.2 Å². The van der Waals surface area contributed by atoms with Crippen LogP contribution in [0.25, 0.3) is 11.1 Å². The first-order valence-electron chi connectivity index (χ1n) is 9.99. The van der Waals surface area contributed by atoms with Crippen molar-refractivity contribution in [3.8, 4) is 0 Å². The SMILES string of the molecule is COC1(CNC(=O)Cn2c(=O)oc3ccccc32)C2CC3CC(C2)CC1C3. The Morgan fingerprint density at radius 1 is 1.19 bits per heavy atom. The molecule has 6 rings (SSSR count). The van der Waals surface area contributed by atoms with Gasteiger partial charge in [-0.2, -0.15) is 0 Å². The van der Waals surface area contributed by atoms with Crippen LogP contribution < -0.4 is 11.1 Å². The lowest BCUT2D eigenvalue weighted by Gasteiger charge is -2.60. The molecule has 6 nitrogen and oxygen atoms in total. The summed E-state index contributed by atoms with van der Waals surface area (Å²) in [6, 6.07) is 7.17. The van der Waals surface area contributed by atoms with E-state index in [9.17, 15) is 9.59 Å². The van der Waals surface area contributed by atoms with Crippen molar-refractivity contribution >= 4 is 17.0 Å². The van der Waals surface area contributed by atoms with Crippen LogP contribution in [-0.2, 0) is 16.1 Å². The Morgan fingerprint density at radius 2 is 1.85 bits per heavy atom. The van der Waals surface area contributed by atoms with Crippen LogP contribution in [0.15, 0.2) is 33.5 Å². The van der Waals surface area contributed by atoms with Crippen LogP contribution in [-0.4, -0.2) is 29.7 Å². The minimum atomic E-state index is -0.498. The van der Waals surface area contributed by atoms with E-state index in [4.69, 9.17) is 9.15 Å². The number of nitrogens with zero attached hydrogens (tertiary/aromatic N) is 1. The molecule has 27 heavy (non-hydrogen) atoms. The van der Waals surface area contributed by atoms with Gasteiger partial charge in [0.15, 0.2) is 5.58 Å². The summed E-state index contributed by atoms with van der Waals surface area (Å²) >= 11 is 0. The Morgan fingerprint density at radius 3 is 2.52 bits per heavy atom. The summed E-state index contributed by atoms with van der Waals surface area (Å²) in [7, 11) is 1.79. The molecule has 1 amide bonds. The van der Waals surface area contributed by atoms with Gasteiger partial charge in [0.25, 0.3) is 0 Å². The van der Waals surface area contributed by atoms with Crippen molar-refractivity contribution in [2.75, 3.05) is 13.7 Å². The molecule has 0 spiro atoms. The highest BCUT2D eigenvalue weighted by atomic mass is 16.5. The molecule has 1 heterocycles. The van der Waals surface area contributed by atoms with Crippen LogP contribution in [0.5, 0.6) is 0 Å². The number of hydrogen-bond acceptors (Lipinski definition) is 4. The first-order valence-corrected chi connectivity index (χ1v) is 9.99. The smallest absolute Gasteiger partial charge is 0.408 e. The van der Waals surface area contributed by atoms with Gasteiger partial charge in [0, 0.05) is 13.7 Å². The summed E-state index contributed by atoms with van der Waals surface area (Å²) in [6.07, 6.45) is 6.28. The lowest BCUT2D eigenvalue weighted by Crippen LogP contribution is -2.63. The van der Waals surface area contributed by atoms with Gasteiger partial charge in [0.05, 0.1) is 11.1 Å². The van der Waals surface area contributed by atoms with Crippen LogP contribution >= 0.6 is 0 Å². The number of oxazole rings is 1. The van der Waals surface area contributed by atoms with E-state index in [1.165, 1.54) is 36.7 Å². The number of amides is 1. The molecule has 4 fully saturated rings. The zero-order valence-electron chi connectivity index (χ0n) is 15.6. The highest BCUT2D eigenvalue weighted by molar-refractivity contribution is 5.79. The third-order valence-corrected chi connectivity index (χ3v) is 7.34. The van der Waals surface area contributed by atoms with Crippen LogP contribution in [0.4, 0.5) is 0 Å². The largest absolute Gasteiger partial charge is 0.420 e. The molecule has 4 bridgehead atoms. The van der Waals surface area contributed by atoms with Crippen molar-refractivity contribution in [2.24, 2.45) is 23.7 Å². The van der Waals surface area contributed by atoms with E-state index in [1.807, 2.05) is 12.1 Å². The number of aromatic nitrogens is 1. The van der Waals surface area contributed by atoms with Gasteiger partial charge in [-0.25, -0.2) is 4.79 Å². The van der Waals surface area contributed by atoms with Crippen molar-refractivity contribution in [3.63, 3.8) is 0 Å². The quantitative estimate of drug-likeness (QED) is 0.878. The molecule has 0 radical (unpaired) electrons. The standard InChI is InChI=1S/C21H26N2O4/c1-26-21(15-7-13-6-14(9-15)10-16(21)8-13)12-22-19(24)11-23-17-4-2-3-5-18(17)27-20(23)25/h2-5,13-16H,6-12H2,1H3,(H,22,24). The Bertz CT molecular complexity index is 900. The molecule has 1 aromatic heterocycles. The molecule has 4 aliphatic rings. The van der Waals surface area contributed by atoms with Crippen molar-refractivity contribution in [3.05, 3.63) is 34.8 Å². The molecule has 0 atom stereocenters. The summed E-state index contributed by atoms with van der Waals surface area (Å²) in [4.78, 5) is 24.7. The Kier molecular flexibility index (Phi) is 3.93. The van der Waals surface area contributed by atoms with Gasteiger partial charge < -0.3 is 14.5 Å². The summed E-state index contributed by atoms with van der Waals surface area (Å²) < 4.78 is 12.7. The molecule has 4 saturated carbocycles. The van der Waals surface area contributed by atoms with Gasteiger partial charge in [-0.1, -0.05) is 12.1 Å². The summed E-state index contributed by atoms with van der Waals surface area (Å²) in [6.45, 7) is 0.498. The zero-order chi connectivity index (χ0) is 18.6. The molecule has 6 heteroatoms. The van der Waals surface area contributed by atoms with E-state index in [0.29, 0.717) is 29.5 Å². The van der Waals surface area contributed by atoms with Gasteiger partial charge in [0.1, 0.15) is 6.54 Å². The van der Waals surface area contributed by atoms with Gasteiger partial charge in [-0.3, -0.25) is 9.36 Å². The maximum absolute atomic E-state index is 12.6. The average molecular weight is 370 g/mol. The predicted molar refractivity (Wildman–Crippen MR) is 100 cm³/mol. The van der Waals surface area contributed by atoms with E-state index in [1.54, 1.807) is 19.2 Å². The van der Waals surface area contributed by atoms with Gasteiger partial charge in [-0.05, 0) is 67.9 Å². The molecular weight excluding hydrogens is 344 g/mol. The minimum Gasteiger partial charge on any atom is -0.408 e. The second-order valence-electron chi connectivity index (χ2n) is 8.66. The van der Waals surface area contributed by atoms with Crippen LogP contribution in [0.3, 0.4) is 0 Å². The molecule has 4 aliphatic carbocycles. The van der Waals surface area contributed by atoms with Crippen LogP contribution in [0.1, 0.15) is 32.1 Å². The molecule has 0 unspecified atom stereocenters. The van der Waals surface area contributed by atoms with E-state index in [-0.39, 0.29) is 18.1 Å². The van der Waals surface area contributed by atoms with E-state index >= 15 is 0 Å². The van der Waals surface area contributed by atoms with Crippen molar-refractivity contribution in [1.29, 1.82) is 0 Å². The summed E-state index contributed by atoms with van der Waals surface area (Å²) in [5, 5.41) is 3.07. The molecular formula is C21H26N2O4. The summed E-state index contributed by atoms with van der Waals surface area (Å²) in [5.74, 6) is 2.11. The number of fused-ring (bicyclic) bond motifs is 1. The zero-order valence-corrected chi connectivity index (χ0v) is 15.6. The molecule has 0 aliphatic heterocycles. The van der Waals surface area contributed by atoms with Gasteiger partial charge in [-0.15, -0.1) is 0 Å². The van der Waals surface area contributed by atoms with Gasteiger partial charge >= 0.3 is 5.76 Å². The first-order chi connectivity index (χ1) is 13.1. The second kappa shape index (κ2) is 6.23. The molecule has 0 saturated heterocycles. The van der Waals surface area contributed by atoms with Crippen molar-refractivity contribution < 1.29 is 13.9 Å². The fraction of sp³-hybridized carbons (Fsp3) is 0.619. The van der Waals surface area contributed by atoms with Crippen molar-refractivity contribution in [1.82, 2.24) is 9.88 Å². The maximum atomic E-state index is 12.6. The Balaban J connectivity index is 1.31. The third kappa shape index (κ3) is 2.64. The van der Waals surface area contributed by atoms with E-state index in [0.717, 1.165) is 11.8 Å². The monoisotopic (exact) mass is 370 g/mol. The highest BCUT2D eigenvalue weighted by Crippen LogP contribution is 2.59. The number of methoxy groups -OCH3 is 1.